The third kappa shape index (κ3) is 6.96. The average Bonchev–Trinajstić information content (AvgIpc) is 2.72. The largest absolute Gasteiger partial charge is 0.444 e. The molecule has 0 spiro atoms. The van der Waals surface area contributed by atoms with E-state index in [0.29, 0.717) is 31.7 Å². The number of hydrogen-bond donors (Lipinski definition) is 1. The van der Waals surface area contributed by atoms with E-state index in [1.807, 2.05) is 71.0 Å². The van der Waals surface area contributed by atoms with Gasteiger partial charge in [0.1, 0.15) is 5.60 Å². The number of nitrogens with one attached hydrogen (secondary N) is 1. The Morgan fingerprint density at radius 1 is 1.00 bits per heavy atom. The van der Waals surface area contributed by atoms with Crippen LogP contribution >= 0.6 is 31.9 Å². The number of benzene rings is 2. The van der Waals surface area contributed by atoms with Crippen LogP contribution in [0, 0.1) is 6.92 Å². The topological polar surface area (TPSA) is 61.9 Å². The van der Waals surface area contributed by atoms with Crippen molar-refractivity contribution < 1.29 is 14.3 Å². The number of rotatable bonds is 4. The number of amides is 2. The molecule has 0 aliphatic carbocycles. The van der Waals surface area contributed by atoms with Gasteiger partial charge in [0.25, 0.3) is 5.91 Å². The lowest BCUT2D eigenvalue weighted by atomic mass is 10.0. The molecule has 3 rings (SSSR count). The van der Waals surface area contributed by atoms with Gasteiger partial charge in [0, 0.05) is 46.4 Å². The van der Waals surface area contributed by atoms with Crippen LogP contribution in [0.5, 0.6) is 0 Å². The number of ether oxygens (including phenoxy) is 1. The summed E-state index contributed by atoms with van der Waals surface area (Å²) in [7, 11) is 0. The molecule has 8 heteroatoms. The van der Waals surface area contributed by atoms with Crippen molar-refractivity contribution in [3.8, 4) is 0 Å². The molecule has 1 heterocycles. The summed E-state index contributed by atoms with van der Waals surface area (Å²) in [5.41, 5.74) is 3.06. The van der Waals surface area contributed by atoms with Gasteiger partial charge in [-0.2, -0.15) is 0 Å². The predicted octanol–water partition coefficient (Wildman–Crippen LogP) is 6.07. The summed E-state index contributed by atoms with van der Waals surface area (Å²) in [4.78, 5) is 29.4. The second-order valence-corrected chi connectivity index (χ2v) is 11.2. The van der Waals surface area contributed by atoms with Crippen molar-refractivity contribution in [1.29, 1.82) is 0 Å². The fraction of sp³-hybridized carbons (Fsp3) is 0.440. The molecule has 33 heavy (non-hydrogen) atoms. The van der Waals surface area contributed by atoms with Crippen molar-refractivity contribution in [2.24, 2.45) is 0 Å². The summed E-state index contributed by atoms with van der Waals surface area (Å²) in [6, 6.07) is 11.8. The number of piperazine rings is 1. The molecule has 1 saturated heterocycles. The van der Waals surface area contributed by atoms with E-state index in [1.165, 1.54) is 0 Å². The standard InChI is InChI=1S/C25H31Br2N3O3/c1-16-6-7-21(29-8-10-30(11-9-29)24(32)33-25(3,4)5)15-22(16)23(31)28-17(2)18-12-19(26)14-20(27)13-18/h6-7,12-15,17H,8-11H2,1-5H3,(H,28,31). The SMILES string of the molecule is Cc1ccc(N2CCN(C(=O)OC(C)(C)C)CC2)cc1C(=O)NC(C)c1cc(Br)cc(Br)c1. The third-order valence-electron chi connectivity index (χ3n) is 5.49. The molecule has 6 nitrogen and oxygen atoms in total. The first-order valence-corrected chi connectivity index (χ1v) is 12.6. The minimum absolute atomic E-state index is 0.106. The molecule has 1 atom stereocenters. The molecule has 0 radical (unpaired) electrons. The maximum absolute atomic E-state index is 13.1. The van der Waals surface area contributed by atoms with Gasteiger partial charge in [0.05, 0.1) is 6.04 Å². The van der Waals surface area contributed by atoms with E-state index in [0.717, 1.165) is 25.8 Å². The number of hydrogen-bond acceptors (Lipinski definition) is 4. The number of carbonyl (C=O) groups excluding carboxylic acids is 2. The Kier molecular flexibility index (Phi) is 8.11. The van der Waals surface area contributed by atoms with Crippen LogP contribution in [-0.2, 0) is 4.74 Å². The van der Waals surface area contributed by atoms with E-state index in [-0.39, 0.29) is 18.0 Å². The quantitative estimate of drug-likeness (QED) is 0.477. The Labute approximate surface area is 212 Å². The van der Waals surface area contributed by atoms with E-state index in [1.54, 1.807) is 4.90 Å². The summed E-state index contributed by atoms with van der Waals surface area (Å²) < 4.78 is 7.39. The molecule has 2 aromatic carbocycles. The molecule has 0 bridgehead atoms. The zero-order valence-corrected chi connectivity index (χ0v) is 22.9. The normalized spacial score (nSPS) is 15.2. The highest BCUT2D eigenvalue weighted by Gasteiger charge is 2.26. The Morgan fingerprint density at radius 3 is 2.18 bits per heavy atom. The minimum atomic E-state index is -0.503. The third-order valence-corrected chi connectivity index (χ3v) is 6.41. The van der Waals surface area contributed by atoms with Crippen molar-refractivity contribution in [1.82, 2.24) is 10.2 Å². The van der Waals surface area contributed by atoms with E-state index in [4.69, 9.17) is 4.74 Å². The second kappa shape index (κ2) is 10.5. The molecule has 1 N–H and O–H groups in total. The van der Waals surface area contributed by atoms with Crippen molar-refractivity contribution >= 4 is 49.5 Å². The summed E-state index contributed by atoms with van der Waals surface area (Å²) in [6.45, 7) is 12.1. The van der Waals surface area contributed by atoms with Crippen LogP contribution in [-0.4, -0.2) is 48.7 Å². The van der Waals surface area contributed by atoms with Gasteiger partial charge < -0.3 is 19.9 Å². The Bertz CT molecular complexity index is 1010. The number of nitrogens with zero attached hydrogens (tertiary/aromatic N) is 2. The Hall–Kier alpha value is -2.06. The molecule has 1 fully saturated rings. The van der Waals surface area contributed by atoms with Crippen molar-refractivity contribution in [3.05, 3.63) is 62.0 Å². The van der Waals surface area contributed by atoms with Crippen LogP contribution in [0.1, 0.15) is 55.2 Å². The molecule has 1 aliphatic rings. The average molecular weight is 581 g/mol. The number of halogens is 2. The highest BCUT2D eigenvalue weighted by molar-refractivity contribution is 9.11. The molecule has 0 saturated carbocycles. The minimum Gasteiger partial charge on any atom is -0.444 e. The summed E-state index contributed by atoms with van der Waals surface area (Å²) in [5, 5.41) is 3.11. The molecule has 1 unspecified atom stereocenters. The van der Waals surface area contributed by atoms with E-state index in [2.05, 4.69) is 42.1 Å². The molecule has 0 aromatic heterocycles. The number of carbonyl (C=O) groups is 2. The lowest BCUT2D eigenvalue weighted by molar-refractivity contribution is 0.0240. The summed E-state index contributed by atoms with van der Waals surface area (Å²) in [5.74, 6) is -0.106. The van der Waals surface area contributed by atoms with Crippen LogP contribution in [0.3, 0.4) is 0 Å². The van der Waals surface area contributed by atoms with Crippen molar-refractivity contribution in [2.75, 3.05) is 31.1 Å². The molecule has 2 amide bonds. The highest BCUT2D eigenvalue weighted by atomic mass is 79.9. The highest BCUT2D eigenvalue weighted by Crippen LogP contribution is 2.26. The molecular formula is C25H31Br2N3O3. The van der Waals surface area contributed by atoms with Crippen molar-refractivity contribution in [2.45, 2.75) is 46.3 Å². The van der Waals surface area contributed by atoms with Gasteiger partial charge in [0.2, 0.25) is 0 Å². The zero-order chi connectivity index (χ0) is 24.3. The first-order valence-electron chi connectivity index (χ1n) is 11.0. The molecule has 2 aromatic rings. The lowest BCUT2D eigenvalue weighted by Crippen LogP contribution is -2.50. The molecular weight excluding hydrogens is 550 g/mol. The van der Waals surface area contributed by atoms with E-state index < -0.39 is 5.60 Å². The van der Waals surface area contributed by atoms with E-state index >= 15 is 0 Å². The predicted molar refractivity (Wildman–Crippen MR) is 139 cm³/mol. The van der Waals surface area contributed by atoms with Gasteiger partial charge >= 0.3 is 6.09 Å². The maximum Gasteiger partial charge on any atom is 0.410 e. The smallest absolute Gasteiger partial charge is 0.410 e. The van der Waals surface area contributed by atoms with Gasteiger partial charge in [-0.1, -0.05) is 37.9 Å². The number of anilines is 1. The summed E-state index contributed by atoms with van der Waals surface area (Å²) >= 11 is 7.01. The zero-order valence-electron chi connectivity index (χ0n) is 19.7. The van der Waals surface area contributed by atoms with Gasteiger partial charge in [-0.25, -0.2) is 4.79 Å². The van der Waals surface area contributed by atoms with Gasteiger partial charge in [0.15, 0.2) is 0 Å². The second-order valence-electron chi connectivity index (χ2n) is 9.35. The Balaban J connectivity index is 1.67. The first-order chi connectivity index (χ1) is 15.4. The molecule has 178 valence electrons. The van der Waals surface area contributed by atoms with Gasteiger partial charge in [-0.05, 0) is 76.1 Å². The maximum atomic E-state index is 13.1. The van der Waals surface area contributed by atoms with Crippen LogP contribution in [0.15, 0.2) is 45.3 Å². The fourth-order valence-corrected chi connectivity index (χ4v) is 5.04. The van der Waals surface area contributed by atoms with Gasteiger partial charge in [-0.3, -0.25) is 4.79 Å². The monoisotopic (exact) mass is 579 g/mol. The van der Waals surface area contributed by atoms with Crippen LogP contribution in [0.25, 0.3) is 0 Å². The van der Waals surface area contributed by atoms with Crippen LogP contribution < -0.4 is 10.2 Å². The van der Waals surface area contributed by atoms with Gasteiger partial charge in [-0.15, -0.1) is 0 Å². The number of aryl methyl sites for hydroxylation is 1. The summed E-state index contributed by atoms with van der Waals surface area (Å²) in [6.07, 6.45) is -0.278. The van der Waals surface area contributed by atoms with E-state index in [9.17, 15) is 9.59 Å². The Morgan fingerprint density at radius 2 is 1.61 bits per heavy atom. The van der Waals surface area contributed by atoms with Crippen LogP contribution in [0.2, 0.25) is 0 Å². The first kappa shape index (κ1) is 25.6. The lowest BCUT2D eigenvalue weighted by Gasteiger charge is -2.37. The fourth-order valence-electron chi connectivity index (χ4n) is 3.71. The van der Waals surface area contributed by atoms with Crippen LogP contribution in [0.4, 0.5) is 10.5 Å². The molecule has 1 aliphatic heterocycles. The van der Waals surface area contributed by atoms with Crippen molar-refractivity contribution in [3.63, 3.8) is 0 Å².